The van der Waals surface area contributed by atoms with Gasteiger partial charge in [-0.1, -0.05) is 0 Å². The van der Waals surface area contributed by atoms with Gasteiger partial charge in [-0.15, -0.1) is 0 Å². The maximum absolute atomic E-state index is 12.0. The third-order valence-corrected chi connectivity index (χ3v) is 4.76. The summed E-state index contributed by atoms with van der Waals surface area (Å²) in [6.45, 7) is 8.11. The number of aliphatic carboxylic acids is 1. The van der Waals surface area contributed by atoms with Crippen LogP contribution in [0.1, 0.15) is 37.8 Å². The average Bonchev–Trinajstić information content (AvgIpc) is 3.04. The number of hydrogen-bond donors (Lipinski definition) is 2. The number of likely N-dealkylation sites (tertiary alicyclic amines) is 1. The summed E-state index contributed by atoms with van der Waals surface area (Å²) in [4.78, 5) is 22.9. The number of carboxylic acids is 1. The van der Waals surface area contributed by atoms with E-state index in [-0.39, 0.29) is 6.04 Å². The first-order valence-electron chi connectivity index (χ1n) is 8.94. The molecule has 2 N–H and O–H groups in total. The van der Waals surface area contributed by atoms with Gasteiger partial charge in [0.1, 0.15) is 0 Å². The number of carbonyl (C=O) groups is 1. The summed E-state index contributed by atoms with van der Waals surface area (Å²) in [5, 5.41) is 17.3. The van der Waals surface area contributed by atoms with Crippen LogP contribution in [0.4, 0.5) is 5.95 Å². The van der Waals surface area contributed by atoms with E-state index in [0.717, 1.165) is 17.7 Å². The van der Waals surface area contributed by atoms with E-state index in [4.69, 9.17) is 0 Å². The fraction of sp³-hybridized carbons (Fsp3) is 0.556. The van der Waals surface area contributed by atoms with Gasteiger partial charge < -0.3 is 10.4 Å². The first-order valence-corrected chi connectivity index (χ1v) is 8.94. The predicted molar refractivity (Wildman–Crippen MR) is 97.9 cm³/mol. The van der Waals surface area contributed by atoms with Crippen molar-refractivity contribution in [1.82, 2.24) is 24.6 Å². The normalized spacial score (nSPS) is 17.4. The van der Waals surface area contributed by atoms with E-state index >= 15 is 0 Å². The zero-order valence-electron chi connectivity index (χ0n) is 15.5. The first-order chi connectivity index (χ1) is 12.4. The van der Waals surface area contributed by atoms with Gasteiger partial charge in [-0.25, -0.2) is 14.8 Å². The Morgan fingerprint density at radius 2 is 1.92 bits per heavy atom. The van der Waals surface area contributed by atoms with Crippen LogP contribution in [0.15, 0.2) is 24.8 Å². The summed E-state index contributed by atoms with van der Waals surface area (Å²) < 4.78 is 1.62. The van der Waals surface area contributed by atoms with E-state index in [9.17, 15) is 9.90 Å². The van der Waals surface area contributed by atoms with Gasteiger partial charge in [-0.3, -0.25) is 9.58 Å². The highest BCUT2D eigenvalue weighted by molar-refractivity contribution is 5.76. The summed E-state index contributed by atoms with van der Waals surface area (Å²) in [6.07, 6.45) is 8.23. The SMILES string of the molecule is Cc1cnn(C2(C(=O)O)CCN(Cc3cnc(NC(C)C)nc3)CC2)c1. The fourth-order valence-electron chi connectivity index (χ4n) is 3.30. The van der Waals surface area contributed by atoms with Crippen molar-refractivity contribution in [3.05, 3.63) is 35.9 Å². The number of nitrogens with zero attached hydrogens (tertiary/aromatic N) is 5. The van der Waals surface area contributed by atoms with Crippen molar-refractivity contribution in [1.29, 1.82) is 0 Å². The Kier molecular flexibility index (Phi) is 5.22. The van der Waals surface area contributed by atoms with Crippen LogP contribution in [-0.4, -0.2) is 54.9 Å². The molecule has 26 heavy (non-hydrogen) atoms. The smallest absolute Gasteiger partial charge is 0.331 e. The molecular weight excluding hydrogens is 332 g/mol. The van der Waals surface area contributed by atoms with Crippen molar-refractivity contribution in [2.24, 2.45) is 0 Å². The molecule has 0 bridgehead atoms. The number of nitrogens with one attached hydrogen (secondary N) is 1. The maximum Gasteiger partial charge on any atom is 0.331 e. The molecule has 1 saturated heterocycles. The lowest BCUT2D eigenvalue weighted by Gasteiger charge is -2.38. The van der Waals surface area contributed by atoms with Crippen molar-refractivity contribution in [3.63, 3.8) is 0 Å². The number of rotatable bonds is 6. The van der Waals surface area contributed by atoms with E-state index in [2.05, 4.69) is 25.3 Å². The number of carboxylic acid groups (broad SMARTS) is 1. The molecule has 1 aliphatic heterocycles. The molecule has 0 amide bonds. The monoisotopic (exact) mass is 358 g/mol. The molecule has 8 heteroatoms. The Labute approximate surface area is 153 Å². The van der Waals surface area contributed by atoms with Gasteiger partial charge in [0.25, 0.3) is 0 Å². The Balaban J connectivity index is 1.63. The number of aryl methyl sites for hydroxylation is 1. The summed E-state index contributed by atoms with van der Waals surface area (Å²) in [6, 6.07) is 0.290. The molecule has 0 spiro atoms. The highest BCUT2D eigenvalue weighted by Gasteiger charge is 2.44. The Morgan fingerprint density at radius 1 is 1.27 bits per heavy atom. The minimum absolute atomic E-state index is 0.290. The number of hydrogen-bond acceptors (Lipinski definition) is 6. The molecule has 0 aromatic carbocycles. The number of anilines is 1. The van der Waals surface area contributed by atoms with Crippen LogP contribution in [-0.2, 0) is 16.9 Å². The molecule has 1 fully saturated rings. The molecular formula is C18H26N6O2. The van der Waals surface area contributed by atoms with Crippen LogP contribution in [0.3, 0.4) is 0 Å². The van der Waals surface area contributed by atoms with E-state index in [1.54, 1.807) is 10.9 Å². The molecule has 2 aromatic rings. The van der Waals surface area contributed by atoms with Gasteiger partial charge in [-0.05, 0) is 39.2 Å². The minimum Gasteiger partial charge on any atom is -0.479 e. The van der Waals surface area contributed by atoms with E-state index < -0.39 is 11.5 Å². The highest BCUT2D eigenvalue weighted by atomic mass is 16.4. The number of piperidine rings is 1. The molecule has 3 heterocycles. The number of aromatic nitrogens is 4. The molecule has 0 radical (unpaired) electrons. The van der Waals surface area contributed by atoms with Crippen molar-refractivity contribution in [2.45, 2.75) is 51.7 Å². The maximum atomic E-state index is 12.0. The fourth-order valence-corrected chi connectivity index (χ4v) is 3.30. The minimum atomic E-state index is -0.952. The van der Waals surface area contributed by atoms with Crippen LogP contribution in [0.25, 0.3) is 0 Å². The lowest BCUT2D eigenvalue weighted by atomic mass is 9.87. The molecule has 140 valence electrons. The standard InChI is InChI=1S/C18H26N6O2/c1-13(2)22-17-19-9-15(10-20-17)12-23-6-4-18(5-7-23,16(25)26)24-11-14(3)8-21-24/h8-11,13H,4-7,12H2,1-3H3,(H,25,26)(H,19,20,22). The first kappa shape index (κ1) is 18.3. The van der Waals surface area contributed by atoms with Gasteiger partial charge in [0.2, 0.25) is 5.95 Å². The third kappa shape index (κ3) is 3.85. The summed E-state index contributed by atoms with van der Waals surface area (Å²) in [5.74, 6) is -0.186. The van der Waals surface area contributed by atoms with Gasteiger partial charge in [0.15, 0.2) is 5.54 Å². The van der Waals surface area contributed by atoms with E-state index in [0.29, 0.717) is 31.9 Å². The topological polar surface area (TPSA) is 96.2 Å². The largest absolute Gasteiger partial charge is 0.479 e. The lowest BCUT2D eigenvalue weighted by Crippen LogP contribution is -2.51. The van der Waals surface area contributed by atoms with Gasteiger partial charge in [0.05, 0.1) is 6.20 Å². The second kappa shape index (κ2) is 7.41. The third-order valence-electron chi connectivity index (χ3n) is 4.76. The zero-order valence-corrected chi connectivity index (χ0v) is 15.5. The van der Waals surface area contributed by atoms with Gasteiger partial charge >= 0.3 is 5.97 Å². The van der Waals surface area contributed by atoms with Crippen molar-refractivity contribution < 1.29 is 9.90 Å². The van der Waals surface area contributed by atoms with Crippen molar-refractivity contribution in [2.75, 3.05) is 18.4 Å². The molecule has 0 atom stereocenters. The van der Waals surface area contributed by atoms with Crippen molar-refractivity contribution in [3.8, 4) is 0 Å². The Bertz CT molecular complexity index is 747. The molecule has 3 rings (SSSR count). The highest BCUT2D eigenvalue weighted by Crippen LogP contribution is 2.31. The Hall–Kier alpha value is -2.48. The Morgan fingerprint density at radius 3 is 2.42 bits per heavy atom. The van der Waals surface area contributed by atoms with E-state index in [1.807, 2.05) is 39.4 Å². The summed E-state index contributed by atoms with van der Waals surface area (Å²) in [7, 11) is 0. The van der Waals surface area contributed by atoms with Crippen LogP contribution in [0.2, 0.25) is 0 Å². The average molecular weight is 358 g/mol. The van der Waals surface area contributed by atoms with Gasteiger partial charge in [0, 0.05) is 49.8 Å². The second-order valence-corrected chi connectivity index (χ2v) is 7.29. The molecule has 8 nitrogen and oxygen atoms in total. The molecule has 0 saturated carbocycles. The van der Waals surface area contributed by atoms with Crippen molar-refractivity contribution >= 4 is 11.9 Å². The molecule has 1 aliphatic rings. The molecule has 0 aliphatic carbocycles. The van der Waals surface area contributed by atoms with Crippen LogP contribution in [0, 0.1) is 6.92 Å². The van der Waals surface area contributed by atoms with Crippen LogP contribution in [0.5, 0.6) is 0 Å². The molecule has 0 unspecified atom stereocenters. The quantitative estimate of drug-likeness (QED) is 0.814. The molecule has 2 aromatic heterocycles. The summed E-state index contributed by atoms with van der Waals surface area (Å²) >= 11 is 0. The second-order valence-electron chi connectivity index (χ2n) is 7.29. The zero-order chi connectivity index (χ0) is 18.7. The predicted octanol–water partition coefficient (Wildman–Crippen LogP) is 1.88. The lowest BCUT2D eigenvalue weighted by molar-refractivity contribution is -0.151. The van der Waals surface area contributed by atoms with Crippen LogP contribution < -0.4 is 5.32 Å². The summed E-state index contributed by atoms with van der Waals surface area (Å²) in [5.41, 5.74) is 1.05. The van der Waals surface area contributed by atoms with Crippen LogP contribution >= 0.6 is 0 Å². The van der Waals surface area contributed by atoms with E-state index in [1.165, 1.54) is 0 Å². The van der Waals surface area contributed by atoms with Gasteiger partial charge in [-0.2, -0.15) is 5.10 Å².